The lowest BCUT2D eigenvalue weighted by atomic mass is 10.5. The van der Waals surface area contributed by atoms with E-state index in [9.17, 15) is 8.42 Å². The van der Waals surface area contributed by atoms with Crippen LogP contribution in [0.25, 0.3) is 0 Å². The van der Waals surface area contributed by atoms with Gasteiger partial charge in [0.25, 0.3) is 0 Å². The number of hydrogen-bond acceptors (Lipinski definition) is 4. The summed E-state index contributed by atoms with van der Waals surface area (Å²) >= 11 is 9.30. The second kappa shape index (κ2) is 5.35. The molecule has 15 heavy (non-hydrogen) atoms. The molecule has 0 saturated carbocycles. The summed E-state index contributed by atoms with van der Waals surface area (Å²) in [6.45, 7) is 0.265. The first-order valence-electron chi connectivity index (χ1n) is 3.89. The fourth-order valence-corrected chi connectivity index (χ4v) is 3.70. The van der Waals surface area contributed by atoms with E-state index in [0.29, 0.717) is 0 Å². The summed E-state index contributed by atoms with van der Waals surface area (Å²) in [6.07, 6.45) is 0. The van der Waals surface area contributed by atoms with Crippen molar-refractivity contribution in [2.45, 2.75) is 6.54 Å². The molecular formula is C7H9BrN2O2S3. The van der Waals surface area contributed by atoms with Crippen LogP contribution in [-0.4, -0.2) is 19.2 Å². The zero-order valence-electron chi connectivity index (χ0n) is 7.57. The molecule has 1 aromatic heterocycles. The van der Waals surface area contributed by atoms with Gasteiger partial charge in [0.15, 0.2) is 0 Å². The minimum absolute atomic E-state index is 0.0325. The number of nitrogens with one attached hydrogen (secondary N) is 1. The van der Waals surface area contributed by atoms with E-state index >= 15 is 0 Å². The average molecular weight is 329 g/mol. The maximum absolute atomic E-state index is 11.3. The molecule has 1 rings (SSSR count). The quantitative estimate of drug-likeness (QED) is 0.797. The van der Waals surface area contributed by atoms with Crippen molar-refractivity contribution in [1.82, 2.24) is 4.72 Å². The Hall–Kier alpha value is -0.0200. The standard InChI is InChI=1S/C7H9BrN2O2S3/c8-6-2-1-5(14-6)3-10-15(11,12)4-7(9)13/h1-2,10H,3-4H2,(H2,9,13). The van der Waals surface area contributed by atoms with E-state index in [-0.39, 0.29) is 17.3 Å². The topological polar surface area (TPSA) is 72.2 Å². The van der Waals surface area contributed by atoms with Crippen molar-refractivity contribution in [2.75, 3.05) is 5.75 Å². The molecule has 84 valence electrons. The van der Waals surface area contributed by atoms with E-state index in [0.717, 1.165) is 8.66 Å². The molecule has 3 N–H and O–H groups in total. The molecule has 0 aliphatic carbocycles. The van der Waals surface area contributed by atoms with Crippen LogP contribution in [0.3, 0.4) is 0 Å². The van der Waals surface area contributed by atoms with E-state index in [4.69, 9.17) is 5.73 Å². The van der Waals surface area contributed by atoms with Gasteiger partial charge in [0.2, 0.25) is 10.0 Å². The largest absolute Gasteiger partial charge is 0.392 e. The van der Waals surface area contributed by atoms with Crippen molar-refractivity contribution in [3.05, 3.63) is 20.8 Å². The lowest BCUT2D eigenvalue weighted by molar-refractivity contribution is 0.586. The molecule has 0 amide bonds. The predicted molar refractivity (Wildman–Crippen MR) is 69.4 cm³/mol. The van der Waals surface area contributed by atoms with Crippen LogP contribution < -0.4 is 10.5 Å². The summed E-state index contributed by atoms with van der Waals surface area (Å²) in [5.41, 5.74) is 5.16. The molecule has 0 aliphatic rings. The van der Waals surface area contributed by atoms with Gasteiger partial charge in [-0.15, -0.1) is 11.3 Å². The fraction of sp³-hybridized carbons (Fsp3) is 0.286. The first-order chi connectivity index (χ1) is 6.89. The van der Waals surface area contributed by atoms with Crippen LogP contribution >= 0.6 is 39.5 Å². The Morgan fingerprint density at radius 3 is 2.73 bits per heavy atom. The van der Waals surface area contributed by atoms with Crippen molar-refractivity contribution in [2.24, 2.45) is 5.73 Å². The molecule has 0 atom stereocenters. The maximum Gasteiger partial charge on any atom is 0.218 e. The third-order valence-corrected chi connectivity index (χ3v) is 4.65. The van der Waals surface area contributed by atoms with E-state index in [2.05, 4.69) is 32.9 Å². The number of nitrogens with two attached hydrogens (primary N) is 1. The Balaban J connectivity index is 2.53. The Labute approximate surface area is 106 Å². The highest BCUT2D eigenvalue weighted by Gasteiger charge is 2.11. The Bertz CT molecular complexity index is 455. The molecule has 0 radical (unpaired) electrons. The second-order valence-electron chi connectivity index (χ2n) is 2.75. The highest BCUT2D eigenvalue weighted by atomic mass is 79.9. The molecule has 8 heteroatoms. The van der Waals surface area contributed by atoms with Crippen molar-refractivity contribution < 1.29 is 8.42 Å². The number of rotatable bonds is 5. The van der Waals surface area contributed by atoms with E-state index in [1.54, 1.807) is 0 Å². The lowest BCUT2D eigenvalue weighted by Gasteiger charge is -2.03. The zero-order valence-corrected chi connectivity index (χ0v) is 11.6. The van der Waals surface area contributed by atoms with Crippen LogP contribution in [0.2, 0.25) is 0 Å². The first kappa shape index (κ1) is 13.0. The van der Waals surface area contributed by atoms with Crippen molar-refractivity contribution in [1.29, 1.82) is 0 Å². The number of thiophene rings is 1. The van der Waals surface area contributed by atoms with E-state index < -0.39 is 10.0 Å². The molecule has 0 fully saturated rings. The number of sulfonamides is 1. The summed E-state index contributed by atoms with van der Waals surface area (Å²) in [5, 5.41) is 0. The van der Waals surface area contributed by atoms with Gasteiger partial charge in [0.1, 0.15) is 5.75 Å². The fourth-order valence-electron chi connectivity index (χ4n) is 0.866. The van der Waals surface area contributed by atoms with Gasteiger partial charge in [-0.1, -0.05) is 12.2 Å². The van der Waals surface area contributed by atoms with Crippen LogP contribution in [0.15, 0.2) is 15.9 Å². The van der Waals surface area contributed by atoms with Gasteiger partial charge in [0, 0.05) is 11.4 Å². The molecular weight excluding hydrogens is 320 g/mol. The summed E-state index contributed by atoms with van der Waals surface area (Å²) in [7, 11) is -3.39. The Morgan fingerprint density at radius 2 is 2.27 bits per heavy atom. The molecule has 0 aliphatic heterocycles. The van der Waals surface area contributed by atoms with Crippen LogP contribution in [-0.2, 0) is 16.6 Å². The van der Waals surface area contributed by atoms with Crippen LogP contribution in [0.1, 0.15) is 4.88 Å². The lowest BCUT2D eigenvalue weighted by Crippen LogP contribution is -2.31. The Morgan fingerprint density at radius 1 is 1.60 bits per heavy atom. The van der Waals surface area contributed by atoms with E-state index in [1.807, 2.05) is 12.1 Å². The predicted octanol–water partition coefficient (Wildman–Crippen LogP) is 1.22. The van der Waals surface area contributed by atoms with Gasteiger partial charge >= 0.3 is 0 Å². The van der Waals surface area contributed by atoms with Gasteiger partial charge in [-0.2, -0.15) is 0 Å². The molecule has 4 nitrogen and oxygen atoms in total. The zero-order chi connectivity index (χ0) is 11.5. The molecule has 1 heterocycles. The number of thiocarbonyl (C=S) groups is 1. The van der Waals surface area contributed by atoms with Gasteiger partial charge in [-0.25, -0.2) is 13.1 Å². The normalized spacial score (nSPS) is 11.5. The number of hydrogen-bond donors (Lipinski definition) is 2. The third kappa shape index (κ3) is 5.03. The van der Waals surface area contributed by atoms with Crippen molar-refractivity contribution in [3.8, 4) is 0 Å². The SMILES string of the molecule is NC(=S)CS(=O)(=O)NCc1ccc(Br)s1. The minimum atomic E-state index is -3.39. The van der Waals surface area contributed by atoms with Crippen LogP contribution in [0.4, 0.5) is 0 Å². The maximum atomic E-state index is 11.3. The van der Waals surface area contributed by atoms with Gasteiger partial charge in [-0.05, 0) is 28.1 Å². The van der Waals surface area contributed by atoms with Crippen molar-refractivity contribution >= 4 is 54.5 Å². The summed E-state index contributed by atoms with van der Waals surface area (Å²) < 4.78 is 26.0. The van der Waals surface area contributed by atoms with E-state index in [1.165, 1.54) is 11.3 Å². The second-order valence-corrected chi connectivity index (χ2v) is 7.63. The van der Waals surface area contributed by atoms with Crippen molar-refractivity contribution in [3.63, 3.8) is 0 Å². The summed E-state index contributed by atoms with van der Waals surface area (Å²) in [6, 6.07) is 3.71. The first-order valence-corrected chi connectivity index (χ1v) is 7.56. The molecule has 0 aromatic carbocycles. The summed E-state index contributed by atoms with van der Waals surface area (Å²) in [4.78, 5) is 0.892. The molecule has 0 spiro atoms. The molecule has 1 aromatic rings. The van der Waals surface area contributed by atoms with Crippen LogP contribution in [0, 0.1) is 0 Å². The smallest absolute Gasteiger partial charge is 0.218 e. The average Bonchev–Trinajstić information content (AvgIpc) is 2.46. The number of halogens is 1. The third-order valence-electron chi connectivity index (χ3n) is 1.43. The van der Waals surface area contributed by atoms with Crippen LogP contribution in [0.5, 0.6) is 0 Å². The molecule has 0 bridgehead atoms. The highest BCUT2D eigenvalue weighted by Crippen LogP contribution is 2.21. The molecule has 0 unspecified atom stereocenters. The van der Waals surface area contributed by atoms with Gasteiger partial charge in [0.05, 0.1) is 8.77 Å². The van der Waals surface area contributed by atoms with Gasteiger partial charge in [-0.3, -0.25) is 0 Å². The molecule has 0 saturated heterocycles. The Kier molecular flexibility index (Phi) is 4.65. The highest BCUT2D eigenvalue weighted by molar-refractivity contribution is 9.11. The monoisotopic (exact) mass is 328 g/mol. The van der Waals surface area contributed by atoms with Gasteiger partial charge < -0.3 is 5.73 Å². The summed E-state index contributed by atoms with van der Waals surface area (Å²) in [5.74, 6) is -0.311. The minimum Gasteiger partial charge on any atom is -0.392 e.